The van der Waals surface area contributed by atoms with Crippen molar-refractivity contribution in [3.8, 4) is 5.69 Å². The highest BCUT2D eigenvalue weighted by Gasteiger charge is 2.32. The highest BCUT2D eigenvalue weighted by atomic mass is 19.3. The van der Waals surface area contributed by atoms with Crippen LogP contribution in [0.3, 0.4) is 0 Å². The molecule has 2 amide bonds. The Morgan fingerprint density at radius 2 is 2.09 bits per heavy atom. The zero-order valence-corrected chi connectivity index (χ0v) is 17.8. The first-order valence-electron chi connectivity index (χ1n) is 10.6. The molecule has 1 fully saturated rings. The number of pyridine rings is 2. The highest BCUT2D eigenvalue weighted by molar-refractivity contribution is 5.88. The predicted octanol–water partition coefficient (Wildman–Crippen LogP) is 2.41. The van der Waals surface area contributed by atoms with E-state index >= 15 is 0 Å². The van der Waals surface area contributed by atoms with Gasteiger partial charge in [-0.05, 0) is 36.2 Å². The van der Waals surface area contributed by atoms with E-state index in [1.54, 1.807) is 18.5 Å². The van der Waals surface area contributed by atoms with E-state index in [1.807, 2.05) is 29.0 Å². The van der Waals surface area contributed by atoms with E-state index in [0.717, 1.165) is 11.1 Å². The second kappa shape index (κ2) is 9.49. The molecule has 0 bridgehead atoms. The Balaban J connectivity index is 1.45. The van der Waals surface area contributed by atoms with E-state index in [-0.39, 0.29) is 32.0 Å². The van der Waals surface area contributed by atoms with Crippen LogP contribution < -0.4 is 16.0 Å². The molecule has 1 unspecified atom stereocenters. The van der Waals surface area contributed by atoms with E-state index in [9.17, 15) is 18.4 Å². The van der Waals surface area contributed by atoms with Crippen molar-refractivity contribution in [2.45, 2.75) is 31.3 Å². The van der Waals surface area contributed by atoms with E-state index in [4.69, 9.17) is 10.5 Å². The average molecular weight is 458 g/mol. The predicted molar refractivity (Wildman–Crippen MR) is 117 cm³/mol. The van der Waals surface area contributed by atoms with Gasteiger partial charge in [0.25, 0.3) is 0 Å². The van der Waals surface area contributed by atoms with Gasteiger partial charge < -0.3 is 15.8 Å². The molecule has 33 heavy (non-hydrogen) atoms. The molecular weight excluding hydrogens is 434 g/mol. The largest absolute Gasteiger partial charge is 0.443 e. The number of anilines is 1. The zero-order chi connectivity index (χ0) is 23.4. The number of nitrogens with zero attached hydrogens (tertiary/aromatic N) is 4. The molecule has 11 heteroatoms. The first-order chi connectivity index (χ1) is 15.9. The second-order valence-electron chi connectivity index (χ2n) is 7.85. The van der Waals surface area contributed by atoms with Crippen LogP contribution in [0.25, 0.3) is 16.7 Å². The van der Waals surface area contributed by atoms with Crippen LogP contribution in [0, 0.1) is 0 Å². The minimum atomic E-state index is -2.86. The van der Waals surface area contributed by atoms with Crippen molar-refractivity contribution < 1.29 is 23.1 Å². The molecule has 1 aliphatic rings. The maximum atomic E-state index is 14.0. The fraction of sp³-hybridized carbons (Fsp3) is 0.364. The van der Waals surface area contributed by atoms with Gasteiger partial charge in [-0.25, -0.2) is 23.5 Å². The minimum absolute atomic E-state index is 0.0595. The Morgan fingerprint density at radius 1 is 1.24 bits per heavy atom. The smallest absolute Gasteiger partial charge is 0.415 e. The maximum Gasteiger partial charge on any atom is 0.415 e. The SMILES string of the molecule is NCC1CN(c2ccc(-n3ccc4cc(CCC(F)(F)CCNC=O)cnc43)cn2)C(=O)O1. The first-order valence-corrected chi connectivity index (χ1v) is 10.6. The molecule has 0 aromatic carbocycles. The summed E-state index contributed by atoms with van der Waals surface area (Å²) in [6.45, 7) is 0.541. The van der Waals surface area contributed by atoms with Crippen molar-refractivity contribution in [3.05, 3.63) is 48.4 Å². The second-order valence-corrected chi connectivity index (χ2v) is 7.85. The van der Waals surface area contributed by atoms with Crippen molar-refractivity contribution in [1.29, 1.82) is 0 Å². The van der Waals surface area contributed by atoms with Gasteiger partial charge >= 0.3 is 6.09 Å². The molecular formula is C22H24F2N6O3. The van der Waals surface area contributed by atoms with Crippen LogP contribution in [-0.4, -0.2) is 58.7 Å². The molecule has 1 saturated heterocycles. The lowest BCUT2D eigenvalue weighted by atomic mass is 10.0. The Hall–Kier alpha value is -3.60. The third-order valence-electron chi connectivity index (χ3n) is 5.50. The summed E-state index contributed by atoms with van der Waals surface area (Å²) in [4.78, 5) is 32.5. The molecule has 0 saturated carbocycles. The average Bonchev–Trinajstić information content (AvgIpc) is 3.41. The monoisotopic (exact) mass is 458 g/mol. The topological polar surface area (TPSA) is 115 Å². The van der Waals surface area contributed by atoms with Crippen LogP contribution in [0.15, 0.2) is 42.9 Å². The van der Waals surface area contributed by atoms with Gasteiger partial charge in [-0.2, -0.15) is 0 Å². The molecule has 0 radical (unpaired) electrons. The van der Waals surface area contributed by atoms with Gasteiger partial charge in [-0.15, -0.1) is 0 Å². The van der Waals surface area contributed by atoms with Gasteiger partial charge in [0.2, 0.25) is 12.3 Å². The summed E-state index contributed by atoms with van der Waals surface area (Å²) >= 11 is 0. The molecule has 9 nitrogen and oxygen atoms in total. The quantitative estimate of drug-likeness (QED) is 0.356. The molecule has 174 valence electrons. The van der Waals surface area contributed by atoms with Crippen LogP contribution in [0.5, 0.6) is 0 Å². The van der Waals surface area contributed by atoms with Gasteiger partial charge in [-0.3, -0.25) is 14.3 Å². The summed E-state index contributed by atoms with van der Waals surface area (Å²) in [5, 5.41) is 3.08. The molecule has 4 heterocycles. The number of hydrogen-bond donors (Lipinski definition) is 2. The molecule has 3 aromatic heterocycles. The number of ether oxygens (including phenoxy) is 1. The summed E-state index contributed by atoms with van der Waals surface area (Å²) in [7, 11) is 0. The van der Waals surface area contributed by atoms with Crippen molar-refractivity contribution in [2.75, 3.05) is 24.5 Å². The molecule has 3 aromatic rings. The van der Waals surface area contributed by atoms with Crippen LogP contribution in [0.1, 0.15) is 18.4 Å². The molecule has 1 atom stereocenters. The number of alkyl halides is 2. The normalized spacial score (nSPS) is 16.3. The number of halogens is 2. The zero-order valence-electron chi connectivity index (χ0n) is 17.8. The Bertz CT molecular complexity index is 1130. The summed E-state index contributed by atoms with van der Waals surface area (Å²) in [6.07, 6.45) is 4.09. The molecule has 4 rings (SSSR count). The number of aromatic nitrogens is 3. The van der Waals surface area contributed by atoms with Crippen molar-refractivity contribution >= 4 is 29.4 Å². The highest BCUT2D eigenvalue weighted by Crippen LogP contribution is 2.26. The summed E-state index contributed by atoms with van der Waals surface area (Å²) in [5.41, 5.74) is 7.68. The number of rotatable bonds is 10. The molecule has 0 spiro atoms. The van der Waals surface area contributed by atoms with Crippen LogP contribution >= 0.6 is 0 Å². The number of nitrogens with two attached hydrogens (primary N) is 1. The lowest BCUT2D eigenvalue weighted by molar-refractivity contribution is -0.109. The van der Waals surface area contributed by atoms with Crippen molar-refractivity contribution in [3.63, 3.8) is 0 Å². The minimum Gasteiger partial charge on any atom is -0.443 e. The maximum absolute atomic E-state index is 14.0. The summed E-state index contributed by atoms with van der Waals surface area (Å²) < 4.78 is 34.9. The number of amides is 2. The molecule has 1 aliphatic heterocycles. The Labute approximate surface area is 188 Å². The van der Waals surface area contributed by atoms with Crippen LogP contribution in [-0.2, 0) is 16.0 Å². The summed E-state index contributed by atoms with van der Waals surface area (Å²) in [6, 6.07) is 7.23. The van der Waals surface area contributed by atoms with E-state index in [1.165, 1.54) is 4.90 Å². The number of cyclic esters (lactones) is 1. The van der Waals surface area contributed by atoms with Gasteiger partial charge in [0.05, 0.1) is 18.4 Å². The van der Waals surface area contributed by atoms with Gasteiger partial charge in [0.1, 0.15) is 17.6 Å². The third kappa shape index (κ3) is 5.08. The van der Waals surface area contributed by atoms with E-state index < -0.39 is 18.4 Å². The van der Waals surface area contributed by atoms with Crippen LogP contribution in [0.2, 0.25) is 0 Å². The fourth-order valence-electron chi connectivity index (χ4n) is 3.69. The molecule has 3 N–H and O–H groups in total. The van der Waals surface area contributed by atoms with Crippen LogP contribution in [0.4, 0.5) is 19.4 Å². The lowest BCUT2D eigenvalue weighted by Gasteiger charge is -2.15. The molecule has 0 aliphatic carbocycles. The van der Waals surface area contributed by atoms with E-state index in [2.05, 4.69) is 15.3 Å². The lowest BCUT2D eigenvalue weighted by Crippen LogP contribution is -2.28. The van der Waals surface area contributed by atoms with Gasteiger partial charge in [0, 0.05) is 43.7 Å². The number of fused-ring (bicyclic) bond motifs is 1. The Morgan fingerprint density at radius 3 is 2.79 bits per heavy atom. The number of aryl methyl sites for hydroxylation is 1. The number of nitrogens with one attached hydrogen (secondary N) is 1. The third-order valence-corrected chi connectivity index (χ3v) is 5.50. The van der Waals surface area contributed by atoms with Gasteiger partial charge in [0.15, 0.2) is 0 Å². The Kier molecular flexibility index (Phi) is 6.50. The summed E-state index contributed by atoms with van der Waals surface area (Å²) in [5.74, 6) is -2.40. The standard InChI is InChI=1S/C22H24F2N6O3/c23-22(24,6-7-26-14-31)5-3-15-9-16-4-8-29(20(16)28-11-15)17-1-2-19(27-12-17)30-13-18(10-25)33-21(30)32/h1-2,4,8-9,11-12,14,18H,3,5-7,10,13,25H2,(H,26,31). The first kappa shape index (κ1) is 22.6. The fourth-order valence-corrected chi connectivity index (χ4v) is 3.69. The van der Waals surface area contributed by atoms with Gasteiger partial charge in [-0.1, -0.05) is 0 Å². The van der Waals surface area contributed by atoms with E-state index in [0.29, 0.717) is 30.0 Å². The van der Waals surface area contributed by atoms with Crippen molar-refractivity contribution in [2.24, 2.45) is 5.73 Å². The number of carbonyl (C=O) groups excluding carboxylic acids is 2. The number of carbonyl (C=O) groups is 2. The number of hydrogen-bond acceptors (Lipinski definition) is 6. The van der Waals surface area contributed by atoms with Crippen molar-refractivity contribution in [1.82, 2.24) is 19.9 Å².